The maximum atomic E-state index is 12.6. The Morgan fingerprint density at radius 2 is 1.77 bits per heavy atom. The van der Waals surface area contributed by atoms with Gasteiger partial charge in [-0.3, -0.25) is 9.69 Å². The number of hydrogen-bond acceptors (Lipinski definition) is 3. The summed E-state index contributed by atoms with van der Waals surface area (Å²) in [6.07, 6.45) is 2.04. The number of anilines is 2. The fraction of sp³-hybridized carbons (Fsp3) is 0.409. The number of nitrogens with one attached hydrogen (secondary N) is 2. The molecule has 26 heavy (non-hydrogen) atoms. The van der Waals surface area contributed by atoms with Gasteiger partial charge in [0.05, 0.1) is 5.92 Å². The van der Waals surface area contributed by atoms with Gasteiger partial charge in [-0.05, 0) is 63.1 Å². The van der Waals surface area contributed by atoms with Gasteiger partial charge in [-0.15, -0.1) is 0 Å². The lowest BCUT2D eigenvalue weighted by Gasteiger charge is -2.32. The van der Waals surface area contributed by atoms with Crippen LogP contribution in [0.3, 0.4) is 0 Å². The van der Waals surface area contributed by atoms with E-state index in [4.69, 9.17) is 0 Å². The molecule has 138 valence electrons. The zero-order chi connectivity index (χ0) is 18.4. The van der Waals surface area contributed by atoms with E-state index in [2.05, 4.69) is 53.6 Å². The molecule has 0 radical (unpaired) electrons. The number of hydrogen-bond donors (Lipinski definition) is 2. The van der Waals surface area contributed by atoms with E-state index in [-0.39, 0.29) is 11.8 Å². The second-order valence-electron chi connectivity index (χ2n) is 7.16. The van der Waals surface area contributed by atoms with Gasteiger partial charge in [0.15, 0.2) is 0 Å². The molecule has 1 aliphatic heterocycles. The van der Waals surface area contributed by atoms with Crippen LogP contribution in [0.15, 0.2) is 48.5 Å². The van der Waals surface area contributed by atoms with E-state index in [1.807, 2.05) is 24.3 Å². The molecule has 0 spiro atoms. The Morgan fingerprint density at radius 1 is 1.08 bits per heavy atom. The van der Waals surface area contributed by atoms with Gasteiger partial charge in [-0.1, -0.05) is 29.8 Å². The highest BCUT2D eigenvalue weighted by molar-refractivity contribution is 5.92. The van der Waals surface area contributed by atoms with Gasteiger partial charge in [0.25, 0.3) is 0 Å². The molecule has 1 aliphatic rings. The Balaban J connectivity index is 1.54. The normalized spacial score (nSPS) is 17.7. The fourth-order valence-corrected chi connectivity index (χ4v) is 3.48. The second kappa shape index (κ2) is 8.86. The van der Waals surface area contributed by atoms with Crippen molar-refractivity contribution in [2.45, 2.75) is 33.2 Å². The standard InChI is InChI=1S/C22H29N3O/c1-3-23-20-12-8-18(9-13-20)15-25-14-4-5-19(16-25)22(26)24-21-10-6-17(2)7-11-21/h6-13,19,23H,3-5,14-16H2,1-2H3,(H,24,26). The van der Waals surface area contributed by atoms with Crippen molar-refractivity contribution in [2.24, 2.45) is 5.92 Å². The smallest absolute Gasteiger partial charge is 0.228 e. The Kier molecular flexibility index (Phi) is 6.29. The lowest BCUT2D eigenvalue weighted by Crippen LogP contribution is -2.40. The molecule has 2 aromatic rings. The predicted octanol–water partition coefficient (Wildman–Crippen LogP) is 4.28. The van der Waals surface area contributed by atoms with Crippen LogP contribution in [0.25, 0.3) is 0 Å². The largest absolute Gasteiger partial charge is 0.385 e. The minimum atomic E-state index is 0.0612. The summed E-state index contributed by atoms with van der Waals surface area (Å²) in [5.74, 6) is 0.201. The van der Waals surface area contributed by atoms with Crippen LogP contribution in [0, 0.1) is 12.8 Å². The van der Waals surface area contributed by atoms with E-state index < -0.39 is 0 Å². The number of amides is 1. The maximum Gasteiger partial charge on any atom is 0.228 e. The van der Waals surface area contributed by atoms with Crippen molar-refractivity contribution >= 4 is 17.3 Å². The highest BCUT2D eigenvalue weighted by atomic mass is 16.1. The average Bonchev–Trinajstić information content (AvgIpc) is 2.66. The van der Waals surface area contributed by atoms with Crippen LogP contribution in [0.1, 0.15) is 30.9 Å². The summed E-state index contributed by atoms with van der Waals surface area (Å²) < 4.78 is 0. The number of carbonyl (C=O) groups excluding carboxylic acids is 1. The molecule has 2 aromatic carbocycles. The molecule has 1 amide bonds. The SMILES string of the molecule is CCNc1ccc(CN2CCCC(C(=O)Nc3ccc(C)cc3)C2)cc1. The first-order chi connectivity index (χ1) is 12.6. The van der Waals surface area contributed by atoms with Crippen molar-refractivity contribution in [2.75, 3.05) is 30.3 Å². The number of aryl methyl sites for hydroxylation is 1. The van der Waals surface area contributed by atoms with Crippen LogP contribution < -0.4 is 10.6 Å². The third-order valence-electron chi connectivity index (χ3n) is 4.94. The summed E-state index contributed by atoms with van der Waals surface area (Å²) in [5.41, 5.74) is 4.54. The van der Waals surface area contributed by atoms with E-state index in [0.717, 1.165) is 50.4 Å². The third-order valence-corrected chi connectivity index (χ3v) is 4.94. The topological polar surface area (TPSA) is 44.4 Å². The molecule has 2 N–H and O–H groups in total. The zero-order valence-electron chi connectivity index (χ0n) is 15.8. The molecule has 4 nitrogen and oxygen atoms in total. The molecule has 1 atom stereocenters. The van der Waals surface area contributed by atoms with E-state index >= 15 is 0 Å². The molecule has 0 bridgehead atoms. The molecule has 0 aromatic heterocycles. The lowest BCUT2D eigenvalue weighted by atomic mass is 9.96. The first-order valence-electron chi connectivity index (χ1n) is 9.56. The maximum absolute atomic E-state index is 12.6. The van der Waals surface area contributed by atoms with Gasteiger partial charge in [0.2, 0.25) is 5.91 Å². The van der Waals surface area contributed by atoms with Crippen molar-refractivity contribution in [3.05, 3.63) is 59.7 Å². The number of benzene rings is 2. The van der Waals surface area contributed by atoms with Crippen LogP contribution in [0.5, 0.6) is 0 Å². The molecular weight excluding hydrogens is 322 g/mol. The second-order valence-corrected chi connectivity index (χ2v) is 7.16. The molecule has 3 rings (SSSR count). The van der Waals surface area contributed by atoms with E-state index in [1.54, 1.807) is 0 Å². The molecule has 1 saturated heterocycles. The van der Waals surface area contributed by atoms with Gasteiger partial charge < -0.3 is 10.6 Å². The molecule has 0 saturated carbocycles. The highest BCUT2D eigenvalue weighted by Gasteiger charge is 2.25. The average molecular weight is 351 g/mol. The summed E-state index contributed by atoms with van der Waals surface area (Å²) in [4.78, 5) is 15.0. The van der Waals surface area contributed by atoms with Crippen LogP contribution in [0.2, 0.25) is 0 Å². The van der Waals surface area contributed by atoms with E-state index in [9.17, 15) is 4.79 Å². The van der Waals surface area contributed by atoms with Gasteiger partial charge in [-0.2, -0.15) is 0 Å². The minimum Gasteiger partial charge on any atom is -0.385 e. The molecule has 1 fully saturated rings. The van der Waals surface area contributed by atoms with Crippen molar-refractivity contribution in [3.63, 3.8) is 0 Å². The monoisotopic (exact) mass is 351 g/mol. The molecule has 1 heterocycles. The van der Waals surface area contributed by atoms with Gasteiger partial charge >= 0.3 is 0 Å². The summed E-state index contributed by atoms with van der Waals surface area (Å²) in [7, 11) is 0. The van der Waals surface area contributed by atoms with Crippen LogP contribution in [-0.4, -0.2) is 30.4 Å². The van der Waals surface area contributed by atoms with Crippen LogP contribution in [0.4, 0.5) is 11.4 Å². The first kappa shape index (κ1) is 18.5. The molecule has 1 unspecified atom stereocenters. The molecule has 4 heteroatoms. The van der Waals surface area contributed by atoms with Crippen molar-refractivity contribution < 1.29 is 4.79 Å². The Bertz CT molecular complexity index is 709. The lowest BCUT2D eigenvalue weighted by molar-refractivity contribution is -0.121. The summed E-state index contributed by atoms with van der Waals surface area (Å²) in [6.45, 7) is 7.87. The molecular formula is C22H29N3O. The number of rotatable bonds is 6. The van der Waals surface area contributed by atoms with Crippen molar-refractivity contribution in [3.8, 4) is 0 Å². The van der Waals surface area contributed by atoms with E-state index in [1.165, 1.54) is 11.1 Å². The number of piperidine rings is 1. The predicted molar refractivity (Wildman–Crippen MR) is 108 cm³/mol. The zero-order valence-corrected chi connectivity index (χ0v) is 15.8. The Morgan fingerprint density at radius 3 is 2.46 bits per heavy atom. The van der Waals surface area contributed by atoms with E-state index in [0.29, 0.717) is 0 Å². The minimum absolute atomic E-state index is 0.0612. The van der Waals surface area contributed by atoms with Crippen LogP contribution >= 0.6 is 0 Å². The summed E-state index contributed by atoms with van der Waals surface area (Å²) in [5, 5.41) is 6.39. The van der Waals surface area contributed by atoms with Crippen molar-refractivity contribution in [1.82, 2.24) is 4.90 Å². The van der Waals surface area contributed by atoms with Gasteiger partial charge in [0.1, 0.15) is 0 Å². The summed E-state index contributed by atoms with van der Waals surface area (Å²) >= 11 is 0. The van der Waals surface area contributed by atoms with Gasteiger partial charge in [0, 0.05) is 31.0 Å². The Labute approximate surface area is 156 Å². The summed E-state index contributed by atoms with van der Waals surface area (Å²) in [6, 6.07) is 16.6. The molecule has 0 aliphatic carbocycles. The quantitative estimate of drug-likeness (QED) is 0.816. The van der Waals surface area contributed by atoms with Crippen molar-refractivity contribution in [1.29, 1.82) is 0 Å². The third kappa shape index (κ3) is 5.09. The highest BCUT2D eigenvalue weighted by Crippen LogP contribution is 2.21. The fourth-order valence-electron chi connectivity index (χ4n) is 3.48. The number of nitrogens with zero attached hydrogens (tertiary/aromatic N) is 1. The van der Waals surface area contributed by atoms with Gasteiger partial charge in [-0.25, -0.2) is 0 Å². The number of likely N-dealkylation sites (tertiary alicyclic amines) is 1. The van der Waals surface area contributed by atoms with Crippen LogP contribution in [-0.2, 0) is 11.3 Å². The number of carbonyl (C=O) groups is 1. The first-order valence-corrected chi connectivity index (χ1v) is 9.56. The Hall–Kier alpha value is -2.33.